The van der Waals surface area contributed by atoms with Gasteiger partial charge in [0, 0.05) is 0 Å². The molecule has 0 aromatic heterocycles. The zero-order valence-electron chi connectivity index (χ0n) is 19.9. The predicted molar refractivity (Wildman–Crippen MR) is 139 cm³/mol. The Bertz CT molecular complexity index is 899. The summed E-state index contributed by atoms with van der Waals surface area (Å²) in [4.78, 5) is 0. The van der Waals surface area contributed by atoms with Crippen molar-refractivity contribution in [3.05, 3.63) is 150 Å². The monoisotopic (exact) mass is 508 g/mol. The van der Waals surface area contributed by atoms with Crippen LogP contribution < -0.4 is 0 Å². The molecule has 0 amide bonds. The first kappa shape index (κ1) is 28.5. The average Bonchev–Trinajstić information content (AvgIpc) is 3.61. The zero-order valence-corrected chi connectivity index (χ0v) is 22.3. The molecule has 4 aromatic rings. The Morgan fingerprint density at radius 2 is 1.18 bits per heavy atom. The SMILES string of the molecule is CCC[C-]=C(CCC)C(=[C-]c1ccccc1)c1ccccc1.[Zr+4].c1cc[cH-]c1.c1cc[cH-]c1. The number of unbranched alkanes of at least 4 members (excludes halogenated alkanes) is 1. The Hall–Kier alpha value is -2.50. The number of allylic oxidation sites excluding steroid dienone is 3. The van der Waals surface area contributed by atoms with E-state index in [1.807, 2.05) is 66.7 Å². The van der Waals surface area contributed by atoms with Crippen molar-refractivity contribution in [2.75, 3.05) is 0 Å². The number of hydrogen-bond donors (Lipinski definition) is 0. The molecule has 166 valence electrons. The second kappa shape index (κ2) is 19.0. The molecule has 33 heavy (non-hydrogen) atoms. The fourth-order valence-corrected chi connectivity index (χ4v) is 3.06. The predicted octanol–water partition coefficient (Wildman–Crippen LogP) is 9.06. The van der Waals surface area contributed by atoms with Crippen LogP contribution in [0.4, 0.5) is 0 Å². The molecule has 0 spiro atoms. The molecule has 0 nitrogen and oxygen atoms in total. The minimum absolute atomic E-state index is 0. The van der Waals surface area contributed by atoms with E-state index < -0.39 is 0 Å². The molecule has 4 rings (SSSR count). The summed E-state index contributed by atoms with van der Waals surface area (Å²) in [6.45, 7) is 4.42. The Morgan fingerprint density at radius 1 is 0.667 bits per heavy atom. The van der Waals surface area contributed by atoms with Gasteiger partial charge >= 0.3 is 26.2 Å². The first-order valence-electron chi connectivity index (χ1n) is 11.5. The Labute approximate surface area is 220 Å². The average molecular weight is 510 g/mol. The van der Waals surface area contributed by atoms with Gasteiger partial charge in [-0.05, 0) is 0 Å². The summed E-state index contributed by atoms with van der Waals surface area (Å²) in [5.74, 6) is 0. The van der Waals surface area contributed by atoms with Crippen LogP contribution in [0.15, 0.2) is 127 Å². The summed E-state index contributed by atoms with van der Waals surface area (Å²) in [6.07, 6.45) is 11.5. The minimum Gasteiger partial charge on any atom is -0.313 e. The van der Waals surface area contributed by atoms with Gasteiger partial charge in [0.1, 0.15) is 0 Å². The van der Waals surface area contributed by atoms with Crippen molar-refractivity contribution < 1.29 is 26.2 Å². The van der Waals surface area contributed by atoms with E-state index in [4.69, 9.17) is 0 Å². The van der Waals surface area contributed by atoms with Gasteiger partial charge in [-0.15, -0.1) is 36.2 Å². The van der Waals surface area contributed by atoms with Crippen LogP contribution in [0.1, 0.15) is 50.7 Å². The summed E-state index contributed by atoms with van der Waals surface area (Å²) in [5, 5.41) is 0. The number of rotatable bonds is 7. The van der Waals surface area contributed by atoms with E-state index in [9.17, 15) is 0 Å². The summed E-state index contributed by atoms with van der Waals surface area (Å²) in [6, 6.07) is 40.9. The van der Waals surface area contributed by atoms with Gasteiger partial charge in [0.25, 0.3) is 0 Å². The molecule has 0 saturated carbocycles. The smallest absolute Gasteiger partial charge is 0.313 e. The van der Waals surface area contributed by atoms with Gasteiger partial charge in [0.15, 0.2) is 0 Å². The van der Waals surface area contributed by atoms with E-state index in [0.717, 1.165) is 31.2 Å². The molecule has 0 unspecified atom stereocenters. The maximum atomic E-state index is 3.61. The molecule has 0 aliphatic rings. The number of hydrogen-bond acceptors (Lipinski definition) is 0. The van der Waals surface area contributed by atoms with Crippen molar-refractivity contribution in [3.8, 4) is 0 Å². The Morgan fingerprint density at radius 3 is 1.61 bits per heavy atom. The van der Waals surface area contributed by atoms with Gasteiger partial charge in [-0.25, -0.2) is 30.3 Å². The van der Waals surface area contributed by atoms with Crippen LogP contribution in [0.5, 0.6) is 0 Å². The molecule has 0 aliphatic carbocycles. The maximum absolute atomic E-state index is 3.61. The zero-order chi connectivity index (χ0) is 22.7. The van der Waals surface area contributed by atoms with Gasteiger partial charge in [-0.1, -0.05) is 69.5 Å². The topological polar surface area (TPSA) is 0 Å². The van der Waals surface area contributed by atoms with E-state index >= 15 is 0 Å². The number of benzene rings is 2. The van der Waals surface area contributed by atoms with Crippen LogP contribution in [-0.4, -0.2) is 0 Å². The molecule has 0 heterocycles. The molecule has 0 bridgehead atoms. The van der Waals surface area contributed by atoms with Crippen LogP contribution in [0, 0.1) is 12.2 Å². The first-order valence-corrected chi connectivity index (χ1v) is 11.5. The molecule has 1 heteroatoms. The van der Waals surface area contributed by atoms with Crippen LogP contribution >= 0.6 is 0 Å². The van der Waals surface area contributed by atoms with Crippen molar-refractivity contribution in [1.29, 1.82) is 0 Å². The Balaban J connectivity index is 0.000000404. The summed E-state index contributed by atoms with van der Waals surface area (Å²) in [7, 11) is 0. The third kappa shape index (κ3) is 12.4. The van der Waals surface area contributed by atoms with E-state index in [-0.39, 0.29) is 26.2 Å². The van der Waals surface area contributed by atoms with Crippen LogP contribution in [0.2, 0.25) is 0 Å². The van der Waals surface area contributed by atoms with Crippen LogP contribution in [0.3, 0.4) is 0 Å². The summed E-state index contributed by atoms with van der Waals surface area (Å²) >= 11 is 0. The van der Waals surface area contributed by atoms with Crippen LogP contribution in [-0.2, 0) is 26.2 Å². The molecule has 4 aromatic carbocycles. The van der Waals surface area contributed by atoms with Gasteiger partial charge < -0.3 is 6.08 Å². The van der Waals surface area contributed by atoms with Crippen molar-refractivity contribution in [3.63, 3.8) is 0 Å². The molecular formula is C32H34Zr. The largest absolute Gasteiger partial charge is 4.00 e. The fraction of sp³-hybridized carbons (Fsp3) is 0.188. The van der Waals surface area contributed by atoms with Crippen LogP contribution in [0.25, 0.3) is 5.57 Å². The Kier molecular flexibility index (Phi) is 16.4. The molecule has 0 aliphatic heterocycles. The van der Waals surface area contributed by atoms with Gasteiger partial charge in [-0.3, -0.25) is 11.1 Å². The first-order chi connectivity index (χ1) is 15.8. The third-order valence-electron chi connectivity index (χ3n) is 4.61. The van der Waals surface area contributed by atoms with Crippen molar-refractivity contribution >= 4 is 5.57 Å². The molecular weight excluding hydrogens is 476 g/mol. The maximum Gasteiger partial charge on any atom is 4.00 e. The minimum atomic E-state index is 0. The molecule has 0 atom stereocenters. The molecule has 0 N–H and O–H groups in total. The molecule has 0 radical (unpaired) electrons. The molecule has 0 fully saturated rings. The van der Waals surface area contributed by atoms with Crippen molar-refractivity contribution in [2.24, 2.45) is 0 Å². The fourth-order valence-electron chi connectivity index (χ4n) is 3.06. The van der Waals surface area contributed by atoms with E-state index in [1.165, 1.54) is 16.7 Å². The van der Waals surface area contributed by atoms with E-state index in [2.05, 4.69) is 80.6 Å². The van der Waals surface area contributed by atoms with E-state index in [0.29, 0.717) is 0 Å². The standard InChI is InChI=1S/C22H24.2C5H5.Zr/c1-3-5-15-20(12-4-2)22(21-16-10-7-11-17-21)18-19-13-8-6-9-14-19;2*1-2-4-5-3-1;/h6-11,13-14,16-17H,3-5,12H2,1-2H3;2*1-5H;/q-2;2*-1;+4. The second-order valence-electron chi connectivity index (χ2n) is 7.31. The quantitative estimate of drug-likeness (QED) is 0.132. The van der Waals surface area contributed by atoms with Gasteiger partial charge in [0.2, 0.25) is 0 Å². The van der Waals surface area contributed by atoms with Crippen molar-refractivity contribution in [2.45, 2.75) is 39.5 Å². The van der Waals surface area contributed by atoms with E-state index in [1.54, 1.807) is 0 Å². The van der Waals surface area contributed by atoms with Gasteiger partial charge in [0.05, 0.1) is 0 Å². The summed E-state index contributed by atoms with van der Waals surface area (Å²) < 4.78 is 0. The molecule has 0 saturated heterocycles. The normalized spacial score (nSPS) is 10.7. The second-order valence-corrected chi connectivity index (χ2v) is 7.31. The van der Waals surface area contributed by atoms with Crippen molar-refractivity contribution in [1.82, 2.24) is 0 Å². The summed E-state index contributed by atoms with van der Waals surface area (Å²) in [5.41, 5.74) is 4.81. The van der Waals surface area contributed by atoms with Gasteiger partial charge in [-0.2, -0.15) is 42.0 Å². The third-order valence-corrected chi connectivity index (χ3v) is 4.61.